The number of amides is 1. The highest BCUT2D eigenvalue weighted by Gasteiger charge is 2.21. The number of hydrogen-bond acceptors (Lipinski definition) is 6. The van der Waals surface area contributed by atoms with E-state index in [2.05, 4.69) is 37.9 Å². The van der Waals surface area contributed by atoms with Gasteiger partial charge in [-0.2, -0.15) is 0 Å². The molecule has 1 atom stereocenters. The van der Waals surface area contributed by atoms with Crippen molar-refractivity contribution in [3.63, 3.8) is 0 Å². The first-order chi connectivity index (χ1) is 16.7. The molecule has 0 saturated carbocycles. The zero-order chi connectivity index (χ0) is 25.5. The summed E-state index contributed by atoms with van der Waals surface area (Å²) in [5, 5.41) is 3.72. The number of fused-ring (bicyclic) bond motifs is 1. The fraction of sp³-hybridized carbons (Fsp3) is 0.444. The highest BCUT2D eigenvalue weighted by atomic mass is 32.2. The third kappa shape index (κ3) is 6.86. The highest BCUT2D eigenvalue weighted by molar-refractivity contribution is 8.00. The van der Waals surface area contributed by atoms with Gasteiger partial charge in [0.15, 0.2) is 5.16 Å². The molecule has 8 heteroatoms. The lowest BCUT2D eigenvalue weighted by Crippen LogP contribution is -2.41. The lowest BCUT2D eigenvalue weighted by atomic mass is 10.2. The van der Waals surface area contributed by atoms with Crippen LogP contribution in [0.25, 0.3) is 10.9 Å². The molecule has 0 saturated heterocycles. The molecule has 3 aromatic rings. The van der Waals surface area contributed by atoms with Gasteiger partial charge < -0.3 is 10.1 Å². The van der Waals surface area contributed by atoms with Crippen LogP contribution in [0.1, 0.15) is 40.2 Å². The minimum absolute atomic E-state index is 0.0728. The number of hydrogen-bond donors (Lipinski definition) is 1. The first-order valence-corrected chi connectivity index (χ1v) is 12.9. The number of carbonyl (C=O) groups is 1. The molecule has 7 nitrogen and oxygen atoms in total. The van der Waals surface area contributed by atoms with Gasteiger partial charge in [-0.15, -0.1) is 0 Å². The second kappa shape index (κ2) is 12.2. The van der Waals surface area contributed by atoms with Crippen LogP contribution in [0, 0.1) is 0 Å². The third-order valence-electron chi connectivity index (χ3n) is 6.01. The summed E-state index contributed by atoms with van der Waals surface area (Å²) in [4.78, 5) is 33.4. The Labute approximate surface area is 211 Å². The van der Waals surface area contributed by atoms with E-state index >= 15 is 0 Å². The number of nitrogens with one attached hydrogen (secondary N) is 1. The van der Waals surface area contributed by atoms with E-state index in [0.717, 1.165) is 17.9 Å². The van der Waals surface area contributed by atoms with E-state index in [9.17, 15) is 9.59 Å². The molecule has 35 heavy (non-hydrogen) atoms. The Kier molecular flexibility index (Phi) is 9.34. The Morgan fingerprint density at radius 1 is 1.06 bits per heavy atom. The van der Waals surface area contributed by atoms with Gasteiger partial charge in [0.05, 0.1) is 23.3 Å². The molecule has 0 bridgehead atoms. The van der Waals surface area contributed by atoms with E-state index in [1.54, 1.807) is 11.7 Å². The van der Waals surface area contributed by atoms with Crippen LogP contribution in [0.2, 0.25) is 0 Å². The molecule has 0 fully saturated rings. The molecule has 0 aliphatic carbocycles. The molecular formula is C27H36N4O3S. The van der Waals surface area contributed by atoms with Gasteiger partial charge in [-0.1, -0.05) is 36.0 Å². The van der Waals surface area contributed by atoms with E-state index in [1.807, 2.05) is 55.5 Å². The molecule has 1 amide bonds. The normalized spacial score (nSPS) is 12.5. The fourth-order valence-electron chi connectivity index (χ4n) is 4.05. The zero-order valence-corrected chi connectivity index (χ0v) is 22.3. The standard InChI is InChI=1S/C27H36N4O3S/c1-18(2)30(19(3)4)15-16-31-26(33)23-9-7-8-10-24(23)29-27(31)35-20(5)25(32)28-17-21-11-13-22(34-6)14-12-21/h7-14,18-20H,15-17H2,1-6H3,(H,28,32). The topological polar surface area (TPSA) is 76.5 Å². The van der Waals surface area contributed by atoms with E-state index in [-0.39, 0.29) is 11.5 Å². The fourth-order valence-corrected chi connectivity index (χ4v) is 5.01. The van der Waals surface area contributed by atoms with E-state index < -0.39 is 5.25 Å². The van der Waals surface area contributed by atoms with Crippen LogP contribution in [0.15, 0.2) is 58.5 Å². The maximum Gasteiger partial charge on any atom is 0.262 e. The number of ether oxygens (including phenoxy) is 1. The van der Waals surface area contributed by atoms with Gasteiger partial charge in [0.2, 0.25) is 5.91 Å². The van der Waals surface area contributed by atoms with Gasteiger partial charge in [-0.25, -0.2) is 4.98 Å². The van der Waals surface area contributed by atoms with Crippen molar-refractivity contribution < 1.29 is 9.53 Å². The van der Waals surface area contributed by atoms with Gasteiger partial charge >= 0.3 is 0 Å². The molecule has 1 heterocycles. The number of benzene rings is 2. The van der Waals surface area contributed by atoms with Crippen molar-refractivity contribution in [2.45, 2.75) is 70.2 Å². The maximum atomic E-state index is 13.4. The van der Waals surface area contributed by atoms with Crippen LogP contribution < -0.4 is 15.6 Å². The third-order valence-corrected chi connectivity index (χ3v) is 7.10. The van der Waals surface area contributed by atoms with E-state index in [1.165, 1.54) is 11.8 Å². The molecule has 0 spiro atoms. The zero-order valence-electron chi connectivity index (χ0n) is 21.4. The first kappa shape index (κ1) is 26.8. The number of aromatic nitrogens is 2. The van der Waals surface area contributed by atoms with Crippen molar-refractivity contribution in [3.05, 3.63) is 64.4 Å². The van der Waals surface area contributed by atoms with Gasteiger partial charge in [0.25, 0.3) is 5.56 Å². The van der Waals surface area contributed by atoms with E-state index in [4.69, 9.17) is 9.72 Å². The van der Waals surface area contributed by atoms with Crippen molar-refractivity contribution in [1.29, 1.82) is 0 Å². The van der Waals surface area contributed by atoms with Gasteiger partial charge in [0.1, 0.15) is 5.75 Å². The van der Waals surface area contributed by atoms with Crippen molar-refractivity contribution in [3.8, 4) is 5.75 Å². The molecule has 1 N–H and O–H groups in total. The molecular weight excluding hydrogens is 460 g/mol. The SMILES string of the molecule is COc1ccc(CNC(=O)C(C)Sc2nc3ccccc3c(=O)n2CCN(C(C)C)C(C)C)cc1. The summed E-state index contributed by atoms with van der Waals surface area (Å²) in [6, 6.07) is 15.7. The van der Waals surface area contributed by atoms with Crippen molar-refractivity contribution in [2.24, 2.45) is 0 Å². The van der Waals surface area contributed by atoms with Gasteiger partial charge in [-0.3, -0.25) is 19.1 Å². The molecule has 188 valence electrons. The largest absolute Gasteiger partial charge is 0.497 e. The number of para-hydroxylation sites is 1. The summed E-state index contributed by atoms with van der Waals surface area (Å²) in [6.07, 6.45) is 0. The maximum absolute atomic E-state index is 13.4. The van der Waals surface area contributed by atoms with Gasteiger partial charge in [0, 0.05) is 31.7 Å². The Hall–Kier alpha value is -2.84. The van der Waals surface area contributed by atoms with E-state index in [0.29, 0.717) is 41.2 Å². The van der Waals surface area contributed by atoms with Crippen molar-refractivity contribution >= 4 is 28.6 Å². The average Bonchev–Trinajstić information content (AvgIpc) is 2.84. The predicted molar refractivity (Wildman–Crippen MR) is 143 cm³/mol. The van der Waals surface area contributed by atoms with Crippen LogP contribution in [0.5, 0.6) is 5.75 Å². The number of thioether (sulfide) groups is 1. The minimum atomic E-state index is -0.418. The summed E-state index contributed by atoms with van der Waals surface area (Å²) in [6.45, 7) is 12.1. The van der Waals surface area contributed by atoms with Crippen molar-refractivity contribution in [2.75, 3.05) is 13.7 Å². The lowest BCUT2D eigenvalue weighted by Gasteiger charge is -2.31. The lowest BCUT2D eigenvalue weighted by molar-refractivity contribution is -0.120. The Morgan fingerprint density at radius 3 is 2.34 bits per heavy atom. The van der Waals surface area contributed by atoms with Gasteiger partial charge in [-0.05, 0) is 64.4 Å². The molecule has 1 aromatic heterocycles. The molecule has 0 aliphatic rings. The second-order valence-corrected chi connectivity index (χ2v) is 10.4. The molecule has 2 aromatic carbocycles. The van der Waals surface area contributed by atoms with Crippen LogP contribution in [0.3, 0.4) is 0 Å². The molecule has 0 aliphatic heterocycles. The summed E-state index contributed by atoms with van der Waals surface area (Å²) in [7, 11) is 1.62. The van der Waals surface area contributed by atoms with Crippen LogP contribution in [-0.2, 0) is 17.9 Å². The smallest absolute Gasteiger partial charge is 0.262 e. The van der Waals surface area contributed by atoms with Crippen molar-refractivity contribution in [1.82, 2.24) is 19.8 Å². The average molecular weight is 497 g/mol. The molecule has 0 radical (unpaired) electrons. The summed E-state index contributed by atoms with van der Waals surface area (Å²) in [5.74, 6) is 0.670. The number of rotatable bonds is 11. The first-order valence-electron chi connectivity index (χ1n) is 12.0. The van der Waals surface area contributed by atoms with Crippen LogP contribution in [0.4, 0.5) is 0 Å². The van der Waals surface area contributed by atoms with Crippen LogP contribution >= 0.6 is 11.8 Å². The number of carbonyl (C=O) groups excluding carboxylic acids is 1. The number of nitrogens with zero attached hydrogens (tertiary/aromatic N) is 3. The Morgan fingerprint density at radius 2 is 1.71 bits per heavy atom. The monoisotopic (exact) mass is 496 g/mol. The quantitative estimate of drug-likeness (QED) is 0.315. The summed E-state index contributed by atoms with van der Waals surface area (Å²) < 4.78 is 6.90. The summed E-state index contributed by atoms with van der Waals surface area (Å²) in [5.41, 5.74) is 1.56. The Bertz CT molecular complexity index is 1180. The molecule has 3 rings (SSSR count). The minimum Gasteiger partial charge on any atom is -0.497 e. The highest BCUT2D eigenvalue weighted by Crippen LogP contribution is 2.23. The Balaban J connectivity index is 1.79. The second-order valence-electron chi connectivity index (χ2n) is 9.12. The van der Waals surface area contributed by atoms with Crippen LogP contribution in [-0.4, -0.2) is 51.3 Å². The molecule has 1 unspecified atom stereocenters. The predicted octanol–water partition coefficient (Wildman–Crippen LogP) is 4.32. The number of methoxy groups -OCH3 is 1. The summed E-state index contributed by atoms with van der Waals surface area (Å²) >= 11 is 1.32.